The number of sulfonamides is 1. The van der Waals surface area contributed by atoms with Gasteiger partial charge in [-0.1, -0.05) is 18.2 Å². The molecule has 0 atom stereocenters. The Labute approximate surface area is 143 Å². The molecule has 130 valence electrons. The van der Waals surface area contributed by atoms with Gasteiger partial charge < -0.3 is 5.43 Å². The second-order valence-corrected chi connectivity index (χ2v) is 8.25. The molecule has 2 rings (SSSR count). The molecule has 0 saturated carbocycles. The van der Waals surface area contributed by atoms with Gasteiger partial charge in [0.1, 0.15) is 10.7 Å². The van der Waals surface area contributed by atoms with Gasteiger partial charge in [-0.05, 0) is 52.0 Å². The van der Waals surface area contributed by atoms with E-state index in [0.29, 0.717) is 18.1 Å². The lowest BCUT2D eigenvalue weighted by molar-refractivity contribution is 0.464. The highest BCUT2D eigenvalue weighted by molar-refractivity contribution is 7.92. The first kappa shape index (κ1) is 18.2. The number of nitrogens with one attached hydrogen (secondary N) is 2. The fourth-order valence-electron chi connectivity index (χ4n) is 2.07. The van der Waals surface area contributed by atoms with Gasteiger partial charge in [0.15, 0.2) is 0 Å². The molecule has 0 radical (unpaired) electrons. The zero-order valence-electron chi connectivity index (χ0n) is 14.4. The van der Waals surface area contributed by atoms with Gasteiger partial charge >= 0.3 is 0 Å². The summed E-state index contributed by atoms with van der Waals surface area (Å²) in [6.07, 6.45) is 1.37. The van der Waals surface area contributed by atoms with Crippen molar-refractivity contribution < 1.29 is 8.42 Å². The van der Waals surface area contributed by atoms with E-state index in [1.54, 1.807) is 31.2 Å². The highest BCUT2D eigenvalue weighted by atomic mass is 32.2. The van der Waals surface area contributed by atoms with Gasteiger partial charge in [0.2, 0.25) is 0 Å². The Kier molecular flexibility index (Phi) is 5.46. The molecule has 0 aliphatic rings. The van der Waals surface area contributed by atoms with E-state index >= 15 is 0 Å². The minimum Gasteiger partial charge on any atom is -0.305 e. The predicted octanol–water partition coefficient (Wildman–Crippen LogP) is 3.01. The Morgan fingerprint density at radius 3 is 2.25 bits per heavy atom. The van der Waals surface area contributed by atoms with E-state index < -0.39 is 10.0 Å². The minimum absolute atomic E-state index is 0.126. The number of nitrogens with zero attached hydrogens (tertiary/aromatic N) is 2. The summed E-state index contributed by atoms with van der Waals surface area (Å²) in [6.45, 7) is 8.19. The van der Waals surface area contributed by atoms with E-state index in [2.05, 4.69) is 15.8 Å². The molecule has 2 N–H and O–H groups in total. The second kappa shape index (κ2) is 7.19. The van der Waals surface area contributed by atoms with Crippen LogP contribution in [0.25, 0.3) is 0 Å². The van der Waals surface area contributed by atoms with Crippen molar-refractivity contribution >= 4 is 21.5 Å². The Morgan fingerprint density at radius 2 is 1.75 bits per heavy atom. The summed E-state index contributed by atoms with van der Waals surface area (Å²) in [5, 5.41) is 0. The summed E-state index contributed by atoms with van der Waals surface area (Å²) < 4.78 is 27.0. The average molecular weight is 348 g/mol. The maximum absolute atomic E-state index is 12.8. The Morgan fingerprint density at radius 1 is 1.08 bits per heavy atom. The molecule has 0 saturated heterocycles. The summed E-state index contributed by atoms with van der Waals surface area (Å²) in [4.78, 5) is 4.34. The fourth-order valence-corrected chi connectivity index (χ4v) is 3.49. The van der Waals surface area contributed by atoms with E-state index in [1.807, 2.05) is 39.0 Å². The van der Waals surface area contributed by atoms with E-state index in [1.165, 1.54) is 10.5 Å². The number of hydrazine groups is 1. The normalized spacial score (nSPS) is 12.0. The van der Waals surface area contributed by atoms with Crippen LogP contribution in [0.5, 0.6) is 0 Å². The highest BCUT2D eigenvalue weighted by Crippen LogP contribution is 2.23. The molecular formula is C17H24N4O2S. The molecule has 6 nitrogen and oxygen atoms in total. The monoisotopic (exact) mass is 348 g/mol. The Hall–Kier alpha value is -2.12. The quantitative estimate of drug-likeness (QED) is 0.785. The number of pyridine rings is 1. The molecule has 1 aromatic heterocycles. The van der Waals surface area contributed by atoms with Crippen LogP contribution in [0, 0.1) is 0 Å². The summed E-state index contributed by atoms with van der Waals surface area (Å²) in [5.74, 6) is 0.562. The average Bonchev–Trinajstić information content (AvgIpc) is 2.54. The summed E-state index contributed by atoms with van der Waals surface area (Å²) >= 11 is 0. The van der Waals surface area contributed by atoms with Crippen LogP contribution in [0.2, 0.25) is 0 Å². The number of benzene rings is 1. The number of hydrogen-bond acceptors (Lipinski definition) is 5. The second-order valence-electron chi connectivity index (χ2n) is 6.38. The van der Waals surface area contributed by atoms with Crippen LogP contribution in [0.15, 0.2) is 53.6 Å². The van der Waals surface area contributed by atoms with E-state index in [0.717, 1.165) is 0 Å². The van der Waals surface area contributed by atoms with Crippen molar-refractivity contribution in [2.45, 2.75) is 38.1 Å². The van der Waals surface area contributed by atoms with Crippen LogP contribution in [0.4, 0.5) is 11.5 Å². The third-order valence-corrected chi connectivity index (χ3v) is 5.11. The van der Waals surface area contributed by atoms with Gasteiger partial charge in [-0.2, -0.15) is 0 Å². The van der Waals surface area contributed by atoms with E-state index in [4.69, 9.17) is 0 Å². The molecule has 0 aliphatic carbocycles. The zero-order chi connectivity index (χ0) is 17.8. The molecule has 2 aromatic rings. The first-order valence-corrected chi connectivity index (χ1v) is 9.25. The van der Waals surface area contributed by atoms with Gasteiger partial charge in [0.05, 0.1) is 5.69 Å². The highest BCUT2D eigenvalue weighted by Gasteiger charge is 2.23. The fraction of sp³-hybridized carbons (Fsp3) is 0.353. The summed E-state index contributed by atoms with van der Waals surface area (Å²) in [5.41, 5.74) is 6.56. The molecule has 24 heavy (non-hydrogen) atoms. The number of anilines is 2. The van der Waals surface area contributed by atoms with Crippen molar-refractivity contribution in [2.75, 3.05) is 16.3 Å². The summed E-state index contributed by atoms with van der Waals surface area (Å²) in [7, 11) is -3.64. The van der Waals surface area contributed by atoms with Crippen LogP contribution in [0.3, 0.4) is 0 Å². The van der Waals surface area contributed by atoms with Crippen LogP contribution in [-0.4, -0.2) is 25.5 Å². The van der Waals surface area contributed by atoms with Gasteiger partial charge in [-0.15, -0.1) is 0 Å². The number of rotatable bonds is 6. The molecule has 0 aliphatic heterocycles. The maximum atomic E-state index is 12.8. The first-order chi connectivity index (χ1) is 11.2. The molecule has 0 fully saturated rings. The lowest BCUT2D eigenvalue weighted by Crippen LogP contribution is -2.40. The Bertz CT molecular complexity index is 753. The smallest absolute Gasteiger partial charge is 0.265 e. The SMILES string of the molecule is CCN(c1ccccc1)S(=O)(=O)c1ccc(NNC(C)(C)C)nc1. The number of aromatic nitrogens is 1. The van der Waals surface area contributed by atoms with Gasteiger partial charge in [0.25, 0.3) is 10.0 Å². The van der Waals surface area contributed by atoms with Crippen molar-refractivity contribution in [3.05, 3.63) is 48.7 Å². The van der Waals surface area contributed by atoms with Crippen molar-refractivity contribution in [1.82, 2.24) is 10.4 Å². The van der Waals surface area contributed by atoms with Crippen molar-refractivity contribution in [3.8, 4) is 0 Å². The molecule has 1 aromatic carbocycles. The van der Waals surface area contributed by atoms with Gasteiger partial charge in [-0.3, -0.25) is 4.31 Å². The molecule has 7 heteroatoms. The molecule has 0 unspecified atom stereocenters. The third kappa shape index (κ3) is 4.46. The largest absolute Gasteiger partial charge is 0.305 e. The van der Waals surface area contributed by atoms with Crippen molar-refractivity contribution in [3.63, 3.8) is 0 Å². The topological polar surface area (TPSA) is 74.3 Å². The van der Waals surface area contributed by atoms with E-state index in [-0.39, 0.29) is 10.4 Å². The number of para-hydroxylation sites is 1. The predicted molar refractivity (Wildman–Crippen MR) is 97.4 cm³/mol. The molecule has 1 heterocycles. The zero-order valence-corrected chi connectivity index (χ0v) is 15.3. The third-order valence-electron chi connectivity index (χ3n) is 3.22. The molecule has 0 amide bonds. The first-order valence-electron chi connectivity index (χ1n) is 7.81. The van der Waals surface area contributed by atoms with Crippen molar-refractivity contribution in [1.29, 1.82) is 0 Å². The van der Waals surface area contributed by atoms with Gasteiger partial charge in [-0.25, -0.2) is 18.8 Å². The van der Waals surface area contributed by atoms with E-state index in [9.17, 15) is 8.42 Å². The molecule has 0 bridgehead atoms. The standard InChI is InChI=1S/C17H24N4O2S/c1-5-21(14-9-7-6-8-10-14)24(22,23)15-11-12-16(18-13-15)19-20-17(2,3)4/h6-13,20H,5H2,1-4H3,(H,18,19). The minimum atomic E-state index is -3.64. The molecule has 0 spiro atoms. The summed E-state index contributed by atoms with van der Waals surface area (Å²) in [6, 6.07) is 12.2. The van der Waals surface area contributed by atoms with Crippen LogP contribution < -0.4 is 15.2 Å². The molecular weight excluding hydrogens is 324 g/mol. The van der Waals surface area contributed by atoms with Crippen LogP contribution in [-0.2, 0) is 10.0 Å². The Balaban J connectivity index is 2.23. The van der Waals surface area contributed by atoms with Gasteiger partial charge in [0, 0.05) is 18.3 Å². The lowest BCUT2D eigenvalue weighted by atomic mass is 10.1. The van der Waals surface area contributed by atoms with Crippen molar-refractivity contribution in [2.24, 2.45) is 0 Å². The van der Waals surface area contributed by atoms with Crippen LogP contribution >= 0.6 is 0 Å². The lowest BCUT2D eigenvalue weighted by Gasteiger charge is -2.23. The van der Waals surface area contributed by atoms with Crippen LogP contribution in [0.1, 0.15) is 27.7 Å². The number of hydrogen-bond donors (Lipinski definition) is 2. The maximum Gasteiger partial charge on any atom is 0.265 e.